The summed E-state index contributed by atoms with van der Waals surface area (Å²) in [5.74, 6) is 0.925. The van der Waals surface area contributed by atoms with Crippen molar-refractivity contribution in [3.8, 4) is 0 Å². The minimum atomic E-state index is -0.430. The van der Waals surface area contributed by atoms with Gasteiger partial charge in [-0.05, 0) is 23.6 Å². The van der Waals surface area contributed by atoms with E-state index in [1.807, 2.05) is 29.2 Å². The first kappa shape index (κ1) is 20.0. The Hall–Kier alpha value is -2.78. The lowest BCUT2D eigenvalue weighted by atomic mass is 10.0. The van der Waals surface area contributed by atoms with E-state index in [4.69, 9.17) is 5.11 Å². The molecule has 9 nitrogen and oxygen atoms in total. The smallest absolute Gasteiger partial charge is 0.353 e. The fourth-order valence-electron chi connectivity index (χ4n) is 3.27. The number of hydrogen-bond acceptors (Lipinski definition) is 8. The zero-order chi connectivity index (χ0) is 20.1. The Morgan fingerprint density at radius 2 is 1.86 bits per heavy atom. The number of nitrogens with zero attached hydrogens (tertiary/aromatic N) is 5. The van der Waals surface area contributed by atoms with Crippen LogP contribution in [0.3, 0.4) is 0 Å². The standard InChI is InChI=1S/C19H26N6O3/c1-14(2)15-3-5-16(6-4-15)22-18-17(25(27)28)19(21-13-20-18)24-9-7-23(8-10-24)11-12-26/h3-6,13-14,26H,7-12H2,1-2H3,(H,20,21,22). The molecule has 0 unspecified atom stereocenters. The summed E-state index contributed by atoms with van der Waals surface area (Å²) < 4.78 is 0. The number of nitro groups is 1. The van der Waals surface area contributed by atoms with Crippen LogP contribution in [0.4, 0.5) is 23.0 Å². The summed E-state index contributed by atoms with van der Waals surface area (Å²) in [4.78, 5) is 23.7. The molecule has 1 saturated heterocycles. The van der Waals surface area contributed by atoms with Crippen LogP contribution in [-0.4, -0.2) is 64.2 Å². The van der Waals surface area contributed by atoms with E-state index in [1.54, 1.807) is 0 Å². The molecular formula is C19H26N6O3. The highest BCUT2D eigenvalue weighted by atomic mass is 16.6. The van der Waals surface area contributed by atoms with Gasteiger partial charge in [0.2, 0.25) is 11.6 Å². The third-order valence-electron chi connectivity index (χ3n) is 4.91. The molecule has 0 spiro atoms. The molecule has 9 heteroatoms. The SMILES string of the molecule is CC(C)c1ccc(Nc2ncnc(N3CCN(CCO)CC3)c2[N+](=O)[O-])cc1. The van der Waals surface area contributed by atoms with E-state index in [-0.39, 0.29) is 18.1 Å². The molecule has 0 bridgehead atoms. The normalized spacial score (nSPS) is 15.1. The van der Waals surface area contributed by atoms with Gasteiger partial charge >= 0.3 is 5.69 Å². The second kappa shape index (κ2) is 8.94. The number of aromatic nitrogens is 2. The van der Waals surface area contributed by atoms with Gasteiger partial charge in [-0.15, -0.1) is 0 Å². The van der Waals surface area contributed by atoms with Crippen molar-refractivity contribution < 1.29 is 10.0 Å². The van der Waals surface area contributed by atoms with Crippen LogP contribution in [0.15, 0.2) is 30.6 Å². The number of rotatable bonds is 7. The number of aliphatic hydroxyl groups excluding tert-OH is 1. The number of benzene rings is 1. The van der Waals surface area contributed by atoms with Crippen LogP contribution >= 0.6 is 0 Å². The Morgan fingerprint density at radius 3 is 2.43 bits per heavy atom. The van der Waals surface area contributed by atoms with Gasteiger partial charge in [0.25, 0.3) is 0 Å². The molecule has 1 aliphatic heterocycles. The van der Waals surface area contributed by atoms with Crippen molar-refractivity contribution in [2.45, 2.75) is 19.8 Å². The number of β-amino-alcohol motifs (C(OH)–C–C–N with tert-alkyl or cyclic N) is 1. The van der Waals surface area contributed by atoms with E-state index >= 15 is 0 Å². The van der Waals surface area contributed by atoms with Gasteiger partial charge in [-0.25, -0.2) is 9.97 Å². The van der Waals surface area contributed by atoms with Crippen LogP contribution < -0.4 is 10.2 Å². The van der Waals surface area contributed by atoms with Gasteiger partial charge in [-0.2, -0.15) is 0 Å². The topological polar surface area (TPSA) is 108 Å². The summed E-state index contributed by atoms with van der Waals surface area (Å²) in [7, 11) is 0. The molecule has 1 aromatic carbocycles. The van der Waals surface area contributed by atoms with Crippen LogP contribution in [0.1, 0.15) is 25.3 Å². The summed E-state index contributed by atoms with van der Waals surface area (Å²) in [5, 5.41) is 23.9. The van der Waals surface area contributed by atoms with Crippen LogP contribution in [0, 0.1) is 10.1 Å². The van der Waals surface area contributed by atoms with Crippen LogP contribution in [0.2, 0.25) is 0 Å². The maximum absolute atomic E-state index is 11.8. The highest BCUT2D eigenvalue weighted by molar-refractivity contribution is 5.74. The van der Waals surface area contributed by atoms with Crippen LogP contribution in [-0.2, 0) is 0 Å². The molecule has 3 rings (SSSR count). The number of hydrogen-bond donors (Lipinski definition) is 2. The second-order valence-corrected chi connectivity index (χ2v) is 7.11. The average Bonchev–Trinajstić information content (AvgIpc) is 2.69. The fraction of sp³-hybridized carbons (Fsp3) is 0.474. The van der Waals surface area contributed by atoms with Gasteiger partial charge in [0.1, 0.15) is 6.33 Å². The van der Waals surface area contributed by atoms with Crippen molar-refractivity contribution in [1.82, 2.24) is 14.9 Å². The molecule has 0 amide bonds. The molecule has 150 valence electrons. The highest BCUT2D eigenvalue weighted by Crippen LogP contribution is 2.34. The van der Waals surface area contributed by atoms with E-state index in [9.17, 15) is 10.1 Å². The zero-order valence-electron chi connectivity index (χ0n) is 16.2. The van der Waals surface area contributed by atoms with Crippen molar-refractivity contribution in [2.75, 3.05) is 49.5 Å². The third kappa shape index (κ3) is 4.55. The molecule has 28 heavy (non-hydrogen) atoms. The van der Waals surface area contributed by atoms with Crippen molar-refractivity contribution >= 4 is 23.0 Å². The highest BCUT2D eigenvalue weighted by Gasteiger charge is 2.29. The lowest BCUT2D eigenvalue weighted by Crippen LogP contribution is -2.47. The molecule has 1 fully saturated rings. The molecule has 0 aliphatic carbocycles. The zero-order valence-corrected chi connectivity index (χ0v) is 16.2. The van der Waals surface area contributed by atoms with Gasteiger partial charge in [0.05, 0.1) is 11.5 Å². The molecule has 0 atom stereocenters. The molecule has 2 N–H and O–H groups in total. The predicted molar refractivity (Wildman–Crippen MR) is 108 cm³/mol. The van der Waals surface area contributed by atoms with Gasteiger partial charge in [-0.3, -0.25) is 15.0 Å². The minimum absolute atomic E-state index is 0.108. The molecule has 1 aromatic heterocycles. The average molecular weight is 386 g/mol. The Morgan fingerprint density at radius 1 is 1.18 bits per heavy atom. The van der Waals surface area contributed by atoms with E-state index in [0.717, 1.165) is 18.8 Å². The van der Waals surface area contributed by atoms with Gasteiger partial charge in [0, 0.05) is 38.4 Å². The summed E-state index contributed by atoms with van der Waals surface area (Å²) in [6.45, 7) is 7.62. The van der Waals surface area contributed by atoms with E-state index in [2.05, 4.69) is 34.0 Å². The number of aliphatic hydroxyl groups is 1. The molecule has 0 saturated carbocycles. The Kier molecular flexibility index (Phi) is 6.37. The second-order valence-electron chi connectivity index (χ2n) is 7.11. The van der Waals surface area contributed by atoms with Gasteiger partial charge < -0.3 is 15.3 Å². The van der Waals surface area contributed by atoms with Crippen molar-refractivity contribution in [3.63, 3.8) is 0 Å². The van der Waals surface area contributed by atoms with Gasteiger partial charge in [-0.1, -0.05) is 26.0 Å². The quantitative estimate of drug-likeness (QED) is 0.552. The van der Waals surface area contributed by atoms with E-state index in [1.165, 1.54) is 11.9 Å². The van der Waals surface area contributed by atoms with E-state index in [0.29, 0.717) is 31.4 Å². The summed E-state index contributed by atoms with van der Waals surface area (Å²) in [6.07, 6.45) is 1.35. The number of anilines is 3. The summed E-state index contributed by atoms with van der Waals surface area (Å²) >= 11 is 0. The third-order valence-corrected chi connectivity index (χ3v) is 4.91. The van der Waals surface area contributed by atoms with Crippen LogP contribution in [0.25, 0.3) is 0 Å². The monoisotopic (exact) mass is 386 g/mol. The first-order valence-electron chi connectivity index (χ1n) is 9.44. The maximum atomic E-state index is 11.8. The molecule has 0 radical (unpaired) electrons. The molecule has 2 aromatic rings. The first-order chi connectivity index (χ1) is 13.5. The van der Waals surface area contributed by atoms with Crippen molar-refractivity contribution in [3.05, 3.63) is 46.3 Å². The molecule has 1 aliphatic rings. The van der Waals surface area contributed by atoms with Crippen molar-refractivity contribution in [1.29, 1.82) is 0 Å². The maximum Gasteiger partial charge on any atom is 0.353 e. The molecular weight excluding hydrogens is 360 g/mol. The lowest BCUT2D eigenvalue weighted by molar-refractivity contribution is -0.383. The van der Waals surface area contributed by atoms with Crippen molar-refractivity contribution in [2.24, 2.45) is 0 Å². The van der Waals surface area contributed by atoms with E-state index < -0.39 is 4.92 Å². The Bertz CT molecular complexity index is 804. The molecule has 2 heterocycles. The predicted octanol–water partition coefficient (Wildman–Crippen LogP) is 2.37. The summed E-state index contributed by atoms with van der Waals surface area (Å²) in [5.41, 5.74) is 1.82. The number of nitrogens with one attached hydrogen (secondary N) is 1. The number of piperazine rings is 1. The Labute approximate surface area is 164 Å². The van der Waals surface area contributed by atoms with Gasteiger partial charge in [0.15, 0.2) is 0 Å². The summed E-state index contributed by atoms with van der Waals surface area (Å²) in [6, 6.07) is 7.80. The van der Waals surface area contributed by atoms with Crippen LogP contribution in [0.5, 0.6) is 0 Å². The Balaban J connectivity index is 1.83. The first-order valence-corrected chi connectivity index (χ1v) is 9.44. The lowest BCUT2D eigenvalue weighted by Gasteiger charge is -2.34. The fourth-order valence-corrected chi connectivity index (χ4v) is 3.27. The minimum Gasteiger partial charge on any atom is -0.395 e. The largest absolute Gasteiger partial charge is 0.395 e.